The topological polar surface area (TPSA) is 50.5 Å². The average molecular weight is 324 g/mol. The molecule has 0 spiro atoms. The molecule has 0 radical (unpaired) electrons. The summed E-state index contributed by atoms with van der Waals surface area (Å²) in [7, 11) is 0. The van der Waals surface area contributed by atoms with Gasteiger partial charge in [-0.25, -0.2) is 9.50 Å². The molecular formula is C17H16N4OS. The molecule has 4 heterocycles. The van der Waals surface area contributed by atoms with Gasteiger partial charge in [-0.2, -0.15) is 5.10 Å². The van der Waals surface area contributed by atoms with E-state index in [1.165, 1.54) is 0 Å². The van der Waals surface area contributed by atoms with Gasteiger partial charge in [0, 0.05) is 48.3 Å². The summed E-state index contributed by atoms with van der Waals surface area (Å²) >= 11 is 1.62. The Morgan fingerprint density at radius 3 is 3.17 bits per heavy atom. The Balaban J connectivity index is 1.56. The van der Waals surface area contributed by atoms with Crippen molar-refractivity contribution < 1.29 is 4.79 Å². The molecule has 0 bridgehead atoms. The van der Waals surface area contributed by atoms with Crippen molar-refractivity contribution in [2.75, 3.05) is 6.54 Å². The third-order valence-corrected chi connectivity index (χ3v) is 4.85. The van der Waals surface area contributed by atoms with Gasteiger partial charge in [0.05, 0.1) is 11.4 Å². The monoisotopic (exact) mass is 324 g/mol. The third kappa shape index (κ3) is 2.66. The van der Waals surface area contributed by atoms with E-state index in [4.69, 9.17) is 0 Å². The van der Waals surface area contributed by atoms with Gasteiger partial charge in [0.1, 0.15) is 0 Å². The summed E-state index contributed by atoms with van der Waals surface area (Å²) in [5.74, 6) is 0.0424. The average Bonchev–Trinajstić information content (AvgIpc) is 3.20. The molecule has 0 saturated carbocycles. The Labute approximate surface area is 137 Å². The maximum atomic E-state index is 12.4. The predicted octanol–water partition coefficient (Wildman–Crippen LogP) is 2.70. The number of aryl methyl sites for hydroxylation is 1. The standard InChI is InChI=1S/C17H16N4OS/c1-12-9-16-18-10-13-11-20(7-6-15(13)21(16)19-12)17(22)5-4-14-3-2-8-23-14/h2-5,8-10H,6-7,11H2,1H3/b5-4+. The van der Waals surface area contributed by atoms with Crippen molar-refractivity contribution in [3.63, 3.8) is 0 Å². The molecule has 0 unspecified atom stereocenters. The minimum absolute atomic E-state index is 0.0424. The van der Waals surface area contributed by atoms with E-state index in [-0.39, 0.29) is 5.91 Å². The van der Waals surface area contributed by atoms with Crippen LogP contribution in [-0.2, 0) is 17.8 Å². The van der Waals surface area contributed by atoms with Gasteiger partial charge in [0.2, 0.25) is 5.91 Å². The number of fused-ring (bicyclic) bond motifs is 3. The molecule has 0 aliphatic carbocycles. The normalized spacial score (nSPS) is 14.6. The fourth-order valence-corrected chi connectivity index (χ4v) is 3.51. The largest absolute Gasteiger partial charge is 0.334 e. The number of hydrogen-bond donors (Lipinski definition) is 0. The minimum Gasteiger partial charge on any atom is -0.334 e. The third-order valence-electron chi connectivity index (χ3n) is 4.02. The number of thiophene rings is 1. The SMILES string of the molecule is Cc1cc2ncc3c(n2n1)CCN(C(=O)/C=C/c1cccs1)C3. The molecular weight excluding hydrogens is 308 g/mol. The maximum Gasteiger partial charge on any atom is 0.246 e. The van der Waals surface area contributed by atoms with Crippen LogP contribution in [-0.4, -0.2) is 31.9 Å². The fraction of sp³-hybridized carbons (Fsp3) is 0.235. The van der Waals surface area contributed by atoms with E-state index in [0.717, 1.165) is 33.9 Å². The zero-order valence-corrected chi connectivity index (χ0v) is 13.6. The lowest BCUT2D eigenvalue weighted by atomic mass is 10.1. The molecule has 0 saturated heterocycles. The summed E-state index contributed by atoms with van der Waals surface area (Å²) in [6, 6.07) is 5.96. The van der Waals surface area contributed by atoms with Gasteiger partial charge in [0.25, 0.3) is 0 Å². The van der Waals surface area contributed by atoms with Crippen molar-refractivity contribution in [1.29, 1.82) is 0 Å². The van der Waals surface area contributed by atoms with E-state index in [0.29, 0.717) is 13.1 Å². The van der Waals surface area contributed by atoms with Gasteiger partial charge in [-0.15, -0.1) is 11.3 Å². The van der Waals surface area contributed by atoms with Gasteiger partial charge in [-0.05, 0) is 24.4 Å². The van der Waals surface area contributed by atoms with Gasteiger partial charge in [-0.3, -0.25) is 4.79 Å². The molecule has 23 heavy (non-hydrogen) atoms. The van der Waals surface area contributed by atoms with Crippen LogP contribution in [0.15, 0.2) is 35.9 Å². The molecule has 3 aromatic heterocycles. The Morgan fingerprint density at radius 1 is 1.43 bits per heavy atom. The zero-order chi connectivity index (χ0) is 15.8. The van der Waals surface area contributed by atoms with Crippen LogP contribution in [0.4, 0.5) is 0 Å². The highest BCUT2D eigenvalue weighted by Gasteiger charge is 2.22. The van der Waals surface area contributed by atoms with E-state index < -0.39 is 0 Å². The second-order valence-electron chi connectivity index (χ2n) is 5.64. The molecule has 0 atom stereocenters. The molecule has 4 rings (SSSR count). The van der Waals surface area contributed by atoms with Crippen LogP contribution in [0, 0.1) is 6.92 Å². The minimum atomic E-state index is 0.0424. The second-order valence-corrected chi connectivity index (χ2v) is 6.62. The van der Waals surface area contributed by atoms with E-state index in [2.05, 4.69) is 10.1 Å². The van der Waals surface area contributed by atoms with Crippen LogP contribution in [0.25, 0.3) is 11.7 Å². The summed E-state index contributed by atoms with van der Waals surface area (Å²) in [5.41, 5.74) is 4.07. The summed E-state index contributed by atoms with van der Waals surface area (Å²) < 4.78 is 1.91. The van der Waals surface area contributed by atoms with Crippen molar-refractivity contribution in [1.82, 2.24) is 19.5 Å². The van der Waals surface area contributed by atoms with Crippen LogP contribution in [0.3, 0.4) is 0 Å². The van der Waals surface area contributed by atoms with Crippen LogP contribution in [0.1, 0.15) is 21.8 Å². The van der Waals surface area contributed by atoms with Gasteiger partial charge < -0.3 is 4.90 Å². The molecule has 1 aliphatic heterocycles. The van der Waals surface area contributed by atoms with Crippen molar-refractivity contribution >= 4 is 29.0 Å². The van der Waals surface area contributed by atoms with Crippen LogP contribution in [0.5, 0.6) is 0 Å². The van der Waals surface area contributed by atoms with Crippen molar-refractivity contribution in [2.45, 2.75) is 19.9 Å². The van der Waals surface area contributed by atoms with Crippen LogP contribution >= 0.6 is 11.3 Å². The van der Waals surface area contributed by atoms with Crippen molar-refractivity contribution in [2.24, 2.45) is 0 Å². The highest BCUT2D eigenvalue weighted by molar-refractivity contribution is 7.10. The first kappa shape index (κ1) is 14.1. The van der Waals surface area contributed by atoms with Crippen LogP contribution in [0.2, 0.25) is 0 Å². The highest BCUT2D eigenvalue weighted by Crippen LogP contribution is 2.20. The molecule has 6 heteroatoms. The Bertz CT molecular complexity index is 895. The van der Waals surface area contributed by atoms with E-state index in [9.17, 15) is 4.79 Å². The Hall–Kier alpha value is -2.47. The molecule has 116 valence electrons. The lowest BCUT2D eigenvalue weighted by molar-refractivity contribution is -0.126. The van der Waals surface area contributed by atoms with Crippen molar-refractivity contribution in [3.8, 4) is 0 Å². The first-order valence-electron chi connectivity index (χ1n) is 7.54. The predicted molar refractivity (Wildman–Crippen MR) is 90.2 cm³/mol. The summed E-state index contributed by atoms with van der Waals surface area (Å²) in [6.45, 7) is 3.26. The highest BCUT2D eigenvalue weighted by atomic mass is 32.1. The molecule has 3 aromatic rings. The number of amides is 1. The summed E-state index contributed by atoms with van der Waals surface area (Å²) in [5, 5.41) is 6.51. The van der Waals surface area contributed by atoms with E-state index in [1.807, 2.05) is 52.2 Å². The van der Waals surface area contributed by atoms with Crippen LogP contribution < -0.4 is 0 Å². The van der Waals surface area contributed by atoms with Crippen molar-refractivity contribution in [3.05, 3.63) is 57.7 Å². The van der Waals surface area contributed by atoms with E-state index in [1.54, 1.807) is 17.4 Å². The number of rotatable bonds is 2. The molecule has 0 fully saturated rings. The zero-order valence-electron chi connectivity index (χ0n) is 12.8. The Morgan fingerprint density at radius 2 is 2.35 bits per heavy atom. The van der Waals surface area contributed by atoms with Gasteiger partial charge in [0.15, 0.2) is 5.65 Å². The number of carbonyl (C=O) groups is 1. The number of carbonyl (C=O) groups excluding carboxylic acids is 1. The van der Waals surface area contributed by atoms with Gasteiger partial charge in [-0.1, -0.05) is 6.07 Å². The summed E-state index contributed by atoms with van der Waals surface area (Å²) in [4.78, 5) is 19.8. The summed E-state index contributed by atoms with van der Waals surface area (Å²) in [6.07, 6.45) is 6.20. The Kier molecular flexibility index (Phi) is 3.46. The molecule has 5 nitrogen and oxygen atoms in total. The quantitative estimate of drug-likeness (QED) is 0.681. The number of aromatic nitrogens is 3. The number of nitrogens with zero attached hydrogens (tertiary/aromatic N) is 4. The lowest BCUT2D eigenvalue weighted by Crippen LogP contribution is -2.36. The lowest BCUT2D eigenvalue weighted by Gasteiger charge is -2.27. The first-order valence-corrected chi connectivity index (χ1v) is 8.42. The van der Waals surface area contributed by atoms with Gasteiger partial charge >= 0.3 is 0 Å². The second kappa shape index (κ2) is 5.62. The fourth-order valence-electron chi connectivity index (χ4n) is 2.89. The molecule has 0 aromatic carbocycles. The molecule has 1 aliphatic rings. The first-order chi connectivity index (χ1) is 11.2. The maximum absolute atomic E-state index is 12.4. The van der Waals surface area contributed by atoms with E-state index >= 15 is 0 Å². The molecule has 1 amide bonds. The number of hydrogen-bond acceptors (Lipinski definition) is 4. The smallest absolute Gasteiger partial charge is 0.246 e. The molecule has 0 N–H and O–H groups in total.